The number of hydrogen-bond donors (Lipinski definition) is 0. The minimum absolute atomic E-state index is 0.115. The van der Waals surface area contributed by atoms with Gasteiger partial charge in [0.2, 0.25) is 0 Å². The van der Waals surface area contributed by atoms with E-state index < -0.39 is 0 Å². The van der Waals surface area contributed by atoms with E-state index in [1.54, 1.807) is 42.5 Å². The second-order valence-corrected chi connectivity index (χ2v) is 8.77. The van der Waals surface area contributed by atoms with Crippen molar-refractivity contribution in [3.8, 4) is 22.9 Å². The predicted molar refractivity (Wildman–Crippen MR) is 148 cm³/mol. The van der Waals surface area contributed by atoms with Crippen LogP contribution in [0.25, 0.3) is 22.3 Å². The van der Waals surface area contributed by atoms with Crippen molar-refractivity contribution < 1.29 is 13.9 Å². The second-order valence-electron chi connectivity index (χ2n) is 8.36. The Bertz CT molecular complexity index is 1690. The SMILES string of the molecule is CCOc1cc(C=Nn2c(-c3ccccc3)nc3ccccc3c2=O)cc(Cl)c1OCc1cccc(F)c1. The third-order valence-corrected chi connectivity index (χ3v) is 5.99. The lowest BCUT2D eigenvalue weighted by Crippen LogP contribution is -2.20. The Kier molecular flexibility index (Phi) is 7.47. The van der Waals surface area contributed by atoms with E-state index in [-0.39, 0.29) is 18.0 Å². The summed E-state index contributed by atoms with van der Waals surface area (Å²) in [5.41, 5.74) is 2.30. The highest BCUT2D eigenvalue weighted by atomic mass is 35.5. The van der Waals surface area contributed by atoms with Crippen molar-refractivity contribution >= 4 is 28.7 Å². The molecule has 5 rings (SSSR count). The molecule has 0 atom stereocenters. The molecule has 6 nitrogen and oxygen atoms in total. The molecule has 1 heterocycles. The Morgan fingerprint density at radius 3 is 2.55 bits per heavy atom. The van der Waals surface area contributed by atoms with E-state index in [4.69, 9.17) is 26.1 Å². The van der Waals surface area contributed by atoms with Crippen LogP contribution in [0.3, 0.4) is 0 Å². The van der Waals surface area contributed by atoms with Crippen LogP contribution < -0.4 is 15.0 Å². The van der Waals surface area contributed by atoms with Crippen LogP contribution in [0.15, 0.2) is 101 Å². The van der Waals surface area contributed by atoms with E-state index in [0.717, 1.165) is 5.56 Å². The van der Waals surface area contributed by atoms with Crippen molar-refractivity contribution in [2.75, 3.05) is 6.61 Å². The van der Waals surface area contributed by atoms with E-state index in [1.807, 2.05) is 43.3 Å². The van der Waals surface area contributed by atoms with Crippen molar-refractivity contribution in [1.29, 1.82) is 0 Å². The van der Waals surface area contributed by atoms with Gasteiger partial charge in [-0.15, -0.1) is 0 Å². The number of para-hydroxylation sites is 1. The molecule has 0 amide bonds. The molecule has 4 aromatic carbocycles. The molecule has 0 bridgehead atoms. The fourth-order valence-corrected chi connectivity index (χ4v) is 4.25. The highest BCUT2D eigenvalue weighted by molar-refractivity contribution is 6.32. The Morgan fingerprint density at radius 1 is 0.974 bits per heavy atom. The molecule has 0 saturated heterocycles. The number of benzene rings is 4. The zero-order valence-corrected chi connectivity index (χ0v) is 21.2. The molecule has 0 saturated carbocycles. The summed E-state index contributed by atoms with van der Waals surface area (Å²) in [5, 5.41) is 5.25. The first-order valence-electron chi connectivity index (χ1n) is 12.0. The standard InChI is InChI=1S/C30H23ClFN3O3/c1-2-37-27-17-21(16-25(31)28(27)38-19-20-9-8-12-23(32)15-20)18-33-35-29(22-10-4-3-5-11-22)34-26-14-7-6-13-24(26)30(35)36/h3-18H,2,19H2,1H3. The monoisotopic (exact) mass is 527 g/mol. The minimum Gasteiger partial charge on any atom is -0.490 e. The van der Waals surface area contributed by atoms with Gasteiger partial charge in [0.05, 0.1) is 28.7 Å². The van der Waals surface area contributed by atoms with Gasteiger partial charge in [0.15, 0.2) is 17.3 Å². The maximum absolute atomic E-state index is 13.6. The van der Waals surface area contributed by atoms with Crippen molar-refractivity contribution in [3.05, 3.63) is 123 Å². The maximum atomic E-state index is 13.6. The fraction of sp³-hybridized carbons (Fsp3) is 0.100. The Labute approximate surface area is 223 Å². The van der Waals surface area contributed by atoms with Gasteiger partial charge >= 0.3 is 0 Å². The first-order valence-corrected chi connectivity index (χ1v) is 12.4. The highest BCUT2D eigenvalue weighted by Gasteiger charge is 2.15. The van der Waals surface area contributed by atoms with Gasteiger partial charge in [0.25, 0.3) is 5.56 Å². The predicted octanol–water partition coefficient (Wildman–Crippen LogP) is 6.72. The summed E-state index contributed by atoms with van der Waals surface area (Å²) in [7, 11) is 0. The van der Waals surface area contributed by atoms with Crippen molar-refractivity contribution in [2.24, 2.45) is 5.10 Å². The highest BCUT2D eigenvalue weighted by Crippen LogP contribution is 2.37. The quantitative estimate of drug-likeness (QED) is 0.210. The van der Waals surface area contributed by atoms with Gasteiger partial charge in [0.1, 0.15) is 12.4 Å². The number of rotatable bonds is 8. The summed E-state index contributed by atoms with van der Waals surface area (Å²) < 4.78 is 26.5. The molecule has 8 heteroatoms. The van der Waals surface area contributed by atoms with Crippen LogP contribution in [0, 0.1) is 5.82 Å². The lowest BCUT2D eigenvalue weighted by molar-refractivity contribution is 0.269. The topological polar surface area (TPSA) is 65.7 Å². The molecule has 38 heavy (non-hydrogen) atoms. The third-order valence-electron chi connectivity index (χ3n) is 5.71. The lowest BCUT2D eigenvalue weighted by Gasteiger charge is -2.14. The van der Waals surface area contributed by atoms with E-state index in [0.29, 0.717) is 51.0 Å². The molecule has 190 valence electrons. The molecule has 0 N–H and O–H groups in total. The lowest BCUT2D eigenvalue weighted by atomic mass is 10.2. The van der Waals surface area contributed by atoms with E-state index in [9.17, 15) is 9.18 Å². The molecule has 5 aromatic rings. The zero-order chi connectivity index (χ0) is 26.5. The van der Waals surface area contributed by atoms with Crippen LogP contribution in [-0.2, 0) is 6.61 Å². The summed E-state index contributed by atoms with van der Waals surface area (Å²) in [4.78, 5) is 18.1. The molecule has 0 fully saturated rings. The minimum atomic E-state index is -0.345. The largest absolute Gasteiger partial charge is 0.490 e. The average Bonchev–Trinajstić information content (AvgIpc) is 2.93. The Hall–Kier alpha value is -4.49. The molecule has 0 spiro atoms. The number of hydrogen-bond acceptors (Lipinski definition) is 5. The van der Waals surface area contributed by atoms with Crippen LogP contribution in [0.1, 0.15) is 18.1 Å². The molecular weight excluding hydrogens is 505 g/mol. The van der Waals surface area contributed by atoms with E-state index in [2.05, 4.69) is 5.10 Å². The summed E-state index contributed by atoms with van der Waals surface area (Å²) in [6, 6.07) is 26.1. The van der Waals surface area contributed by atoms with Gasteiger partial charge in [0, 0.05) is 5.56 Å². The van der Waals surface area contributed by atoms with Gasteiger partial charge in [-0.25, -0.2) is 9.37 Å². The molecular formula is C30H23ClFN3O3. The average molecular weight is 528 g/mol. The summed E-state index contributed by atoms with van der Waals surface area (Å²) >= 11 is 6.56. The van der Waals surface area contributed by atoms with Crippen molar-refractivity contribution in [1.82, 2.24) is 9.66 Å². The Balaban J connectivity index is 1.53. The molecule has 0 aliphatic rings. The first kappa shape index (κ1) is 25.2. The van der Waals surface area contributed by atoms with Gasteiger partial charge in [-0.05, 0) is 54.4 Å². The number of ether oxygens (including phenoxy) is 2. The van der Waals surface area contributed by atoms with Gasteiger partial charge < -0.3 is 9.47 Å². The number of halogens is 2. The number of nitrogens with zero attached hydrogens (tertiary/aromatic N) is 3. The van der Waals surface area contributed by atoms with E-state index in [1.165, 1.54) is 23.0 Å². The first-order chi connectivity index (χ1) is 18.5. The van der Waals surface area contributed by atoms with Gasteiger partial charge in [-0.3, -0.25) is 4.79 Å². The maximum Gasteiger partial charge on any atom is 0.282 e. The molecule has 0 aliphatic heterocycles. The van der Waals surface area contributed by atoms with Gasteiger partial charge in [-0.1, -0.05) is 66.2 Å². The normalized spacial score (nSPS) is 11.2. The molecule has 0 unspecified atom stereocenters. The summed E-state index contributed by atoms with van der Waals surface area (Å²) in [6.07, 6.45) is 1.52. The van der Waals surface area contributed by atoms with Crippen LogP contribution in [0.5, 0.6) is 11.5 Å². The van der Waals surface area contributed by atoms with Crippen LogP contribution in [0.4, 0.5) is 4.39 Å². The summed E-state index contributed by atoms with van der Waals surface area (Å²) in [5.74, 6) is 0.813. The zero-order valence-electron chi connectivity index (χ0n) is 20.5. The number of fused-ring (bicyclic) bond motifs is 1. The summed E-state index contributed by atoms with van der Waals surface area (Å²) in [6.45, 7) is 2.33. The smallest absolute Gasteiger partial charge is 0.282 e. The van der Waals surface area contributed by atoms with Crippen molar-refractivity contribution in [3.63, 3.8) is 0 Å². The molecule has 0 aliphatic carbocycles. The second kappa shape index (κ2) is 11.3. The fourth-order valence-electron chi connectivity index (χ4n) is 3.98. The van der Waals surface area contributed by atoms with Gasteiger partial charge in [-0.2, -0.15) is 9.78 Å². The van der Waals surface area contributed by atoms with Crippen LogP contribution >= 0.6 is 11.6 Å². The molecule has 1 aromatic heterocycles. The number of aromatic nitrogens is 2. The van der Waals surface area contributed by atoms with E-state index >= 15 is 0 Å². The molecule has 0 radical (unpaired) electrons. The third kappa shape index (κ3) is 5.43. The van der Waals surface area contributed by atoms with Crippen molar-refractivity contribution in [2.45, 2.75) is 13.5 Å². The Morgan fingerprint density at radius 2 is 1.76 bits per heavy atom. The van der Waals surface area contributed by atoms with Crippen LogP contribution in [0.2, 0.25) is 5.02 Å². The van der Waals surface area contributed by atoms with Crippen LogP contribution in [-0.4, -0.2) is 22.5 Å².